The van der Waals surface area contributed by atoms with Crippen LogP contribution in [0.4, 0.5) is 24.5 Å². The SMILES string of the molecule is O=[N+]([O-])c1cc(Cl)ccc1NCCSC(F)(F)F. The van der Waals surface area contributed by atoms with E-state index in [2.05, 4.69) is 5.32 Å². The van der Waals surface area contributed by atoms with Crippen LogP contribution in [0.1, 0.15) is 0 Å². The molecule has 0 bridgehead atoms. The number of halogens is 4. The van der Waals surface area contributed by atoms with E-state index in [0.29, 0.717) is 0 Å². The number of benzene rings is 1. The van der Waals surface area contributed by atoms with Gasteiger partial charge in [0.2, 0.25) is 0 Å². The smallest absolute Gasteiger partial charge is 0.379 e. The molecule has 0 saturated heterocycles. The number of thioether (sulfide) groups is 1. The van der Waals surface area contributed by atoms with E-state index in [1.807, 2.05) is 0 Å². The summed E-state index contributed by atoms with van der Waals surface area (Å²) in [7, 11) is 0. The summed E-state index contributed by atoms with van der Waals surface area (Å²) in [5.41, 5.74) is -4.42. The third-order valence-electron chi connectivity index (χ3n) is 1.84. The number of nitro benzene ring substituents is 1. The Balaban J connectivity index is 2.59. The first-order valence-corrected chi connectivity index (χ1v) is 6.04. The first-order valence-electron chi connectivity index (χ1n) is 4.68. The zero-order chi connectivity index (χ0) is 13.8. The minimum absolute atomic E-state index is 0.0351. The van der Waals surface area contributed by atoms with Crippen molar-refractivity contribution in [1.29, 1.82) is 0 Å². The van der Waals surface area contributed by atoms with Gasteiger partial charge >= 0.3 is 5.51 Å². The summed E-state index contributed by atoms with van der Waals surface area (Å²) in [4.78, 5) is 10.0. The highest BCUT2D eigenvalue weighted by Gasteiger charge is 2.27. The van der Waals surface area contributed by atoms with Gasteiger partial charge in [-0.15, -0.1) is 0 Å². The summed E-state index contributed by atoms with van der Waals surface area (Å²) >= 11 is 5.41. The monoisotopic (exact) mass is 300 g/mol. The summed E-state index contributed by atoms with van der Waals surface area (Å²) in [6.45, 7) is -0.0351. The number of nitro groups is 1. The second-order valence-electron chi connectivity index (χ2n) is 3.14. The van der Waals surface area contributed by atoms with Gasteiger partial charge in [-0.25, -0.2) is 0 Å². The summed E-state index contributed by atoms with van der Waals surface area (Å²) < 4.78 is 35.6. The maximum absolute atomic E-state index is 11.9. The Bertz CT molecular complexity index is 442. The molecule has 9 heteroatoms. The minimum atomic E-state index is -4.30. The van der Waals surface area contributed by atoms with E-state index in [-0.39, 0.29) is 40.5 Å². The van der Waals surface area contributed by atoms with Crippen molar-refractivity contribution in [3.8, 4) is 0 Å². The van der Waals surface area contributed by atoms with E-state index in [0.717, 1.165) is 6.07 Å². The molecule has 0 aliphatic carbocycles. The molecule has 0 spiro atoms. The lowest BCUT2D eigenvalue weighted by atomic mass is 10.2. The molecule has 1 aromatic rings. The van der Waals surface area contributed by atoms with E-state index < -0.39 is 10.4 Å². The standard InChI is InChI=1S/C9H8ClF3N2O2S/c10-6-1-2-7(8(5-6)15(16)17)14-3-4-18-9(11,12)13/h1-2,5,14H,3-4H2. The Labute approximate surface area is 110 Å². The molecule has 1 N–H and O–H groups in total. The molecular weight excluding hydrogens is 293 g/mol. The lowest BCUT2D eigenvalue weighted by Gasteiger charge is -2.08. The molecule has 100 valence electrons. The average Bonchev–Trinajstić information content (AvgIpc) is 2.24. The van der Waals surface area contributed by atoms with E-state index in [1.165, 1.54) is 12.1 Å². The fourth-order valence-electron chi connectivity index (χ4n) is 1.16. The van der Waals surface area contributed by atoms with E-state index in [1.54, 1.807) is 0 Å². The Kier molecular flexibility index (Phi) is 5.09. The molecule has 0 aliphatic rings. The molecule has 0 aromatic heterocycles. The Hall–Kier alpha value is -1.15. The van der Waals surface area contributed by atoms with Crippen LogP contribution < -0.4 is 5.32 Å². The molecule has 0 unspecified atom stereocenters. The molecule has 0 saturated carbocycles. The van der Waals surface area contributed by atoms with Gasteiger partial charge < -0.3 is 5.32 Å². The molecule has 1 rings (SSSR count). The molecule has 0 aliphatic heterocycles. The van der Waals surface area contributed by atoms with Crippen LogP contribution in [0.25, 0.3) is 0 Å². The number of nitrogens with zero attached hydrogens (tertiary/aromatic N) is 1. The van der Waals surface area contributed by atoms with Crippen LogP contribution in [0.5, 0.6) is 0 Å². The predicted molar refractivity (Wildman–Crippen MR) is 65.1 cm³/mol. The lowest BCUT2D eigenvalue weighted by molar-refractivity contribution is -0.383. The summed E-state index contributed by atoms with van der Waals surface area (Å²) in [5, 5.41) is 13.5. The van der Waals surface area contributed by atoms with E-state index in [9.17, 15) is 23.3 Å². The van der Waals surface area contributed by atoms with E-state index >= 15 is 0 Å². The minimum Gasteiger partial charge on any atom is -0.379 e. The largest absolute Gasteiger partial charge is 0.441 e. The normalized spacial score (nSPS) is 11.3. The van der Waals surface area contributed by atoms with Crippen LogP contribution in [-0.4, -0.2) is 22.7 Å². The van der Waals surface area contributed by atoms with Gasteiger partial charge in [0.25, 0.3) is 5.69 Å². The van der Waals surface area contributed by atoms with Gasteiger partial charge in [-0.1, -0.05) is 11.6 Å². The molecule has 0 heterocycles. The molecular formula is C9H8ClF3N2O2S. The van der Waals surface area contributed by atoms with Gasteiger partial charge in [0, 0.05) is 23.4 Å². The number of nitrogens with one attached hydrogen (secondary N) is 1. The summed E-state index contributed by atoms with van der Waals surface area (Å²) in [6, 6.07) is 3.92. The first kappa shape index (κ1) is 14.9. The lowest BCUT2D eigenvalue weighted by Crippen LogP contribution is -2.10. The number of rotatable bonds is 5. The van der Waals surface area contributed by atoms with Gasteiger partial charge in [-0.3, -0.25) is 10.1 Å². The quantitative estimate of drug-likeness (QED) is 0.509. The molecule has 0 atom stereocenters. The fraction of sp³-hybridized carbons (Fsp3) is 0.333. The van der Waals surface area contributed by atoms with Crippen LogP contribution >= 0.6 is 23.4 Å². The Morgan fingerprint density at radius 2 is 2.11 bits per heavy atom. The second kappa shape index (κ2) is 6.14. The average molecular weight is 301 g/mol. The van der Waals surface area contributed by atoms with Crippen molar-refractivity contribution in [2.24, 2.45) is 0 Å². The van der Waals surface area contributed by atoms with Crippen molar-refractivity contribution in [2.75, 3.05) is 17.6 Å². The van der Waals surface area contributed by atoms with Crippen molar-refractivity contribution in [2.45, 2.75) is 5.51 Å². The number of hydrogen-bond acceptors (Lipinski definition) is 4. The molecule has 0 amide bonds. The highest BCUT2D eigenvalue weighted by molar-refractivity contribution is 8.00. The highest BCUT2D eigenvalue weighted by atomic mass is 35.5. The van der Waals surface area contributed by atoms with Crippen LogP contribution in [-0.2, 0) is 0 Å². The van der Waals surface area contributed by atoms with Crippen molar-refractivity contribution >= 4 is 34.7 Å². The predicted octanol–water partition coefficient (Wildman–Crippen LogP) is 3.91. The number of alkyl halides is 3. The van der Waals surface area contributed by atoms with Crippen molar-refractivity contribution in [1.82, 2.24) is 0 Å². The zero-order valence-corrected chi connectivity index (χ0v) is 10.4. The third-order valence-corrected chi connectivity index (χ3v) is 2.81. The molecule has 1 aromatic carbocycles. The first-order chi connectivity index (χ1) is 8.29. The molecule has 4 nitrogen and oxygen atoms in total. The van der Waals surface area contributed by atoms with Crippen molar-refractivity contribution < 1.29 is 18.1 Å². The fourth-order valence-corrected chi connectivity index (χ4v) is 1.76. The zero-order valence-electron chi connectivity index (χ0n) is 8.83. The highest BCUT2D eigenvalue weighted by Crippen LogP contribution is 2.31. The summed E-state index contributed by atoms with van der Waals surface area (Å²) in [5.74, 6) is -0.233. The number of anilines is 1. The van der Waals surface area contributed by atoms with Gasteiger partial charge in [0.15, 0.2) is 0 Å². The van der Waals surface area contributed by atoms with Crippen molar-refractivity contribution in [3.05, 3.63) is 33.3 Å². The topological polar surface area (TPSA) is 55.2 Å². The molecule has 18 heavy (non-hydrogen) atoms. The van der Waals surface area contributed by atoms with Crippen LogP contribution in [0.15, 0.2) is 18.2 Å². The van der Waals surface area contributed by atoms with Crippen LogP contribution in [0.3, 0.4) is 0 Å². The third kappa shape index (κ3) is 5.01. The van der Waals surface area contributed by atoms with Crippen LogP contribution in [0.2, 0.25) is 5.02 Å². The van der Waals surface area contributed by atoms with Gasteiger partial charge in [-0.05, 0) is 23.9 Å². The van der Waals surface area contributed by atoms with Crippen molar-refractivity contribution in [3.63, 3.8) is 0 Å². The number of hydrogen-bond donors (Lipinski definition) is 1. The van der Waals surface area contributed by atoms with Gasteiger partial charge in [0.1, 0.15) is 5.69 Å². The Morgan fingerprint density at radius 1 is 1.44 bits per heavy atom. The van der Waals surface area contributed by atoms with E-state index in [4.69, 9.17) is 11.6 Å². The molecule has 0 radical (unpaired) electrons. The molecule has 0 fully saturated rings. The van der Waals surface area contributed by atoms with Crippen LogP contribution in [0, 0.1) is 10.1 Å². The van der Waals surface area contributed by atoms with Gasteiger partial charge in [0.05, 0.1) is 4.92 Å². The maximum atomic E-state index is 11.9. The van der Waals surface area contributed by atoms with Gasteiger partial charge in [-0.2, -0.15) is 13.2 Å². The Morgan fingerprint density at radius 3 is 2.67 bits per heavy atom. The summed E-state index contributed by atoms with van der Waals surface area (Å²) in [6.07, 6.45) is 0. The maximum Gasteiger partial charge on any atom is 0.441 e. The second-order valence-corrected chi connectivity index (χ2v) is 4.74.